The van der Waals surface area contributed by atoms with Crippen LogP contribution in [0.4, 0.5) is 0 Å². The zero-order valence-electron chi connectivity index (χ0n) is 9.46. The average Bonchev–Trinajstić information content (AvgIpc) is 2.73. The van der Waals surface area contributed by atoms with Crippen LogP contribution in [0.3, 0.4) is 0 Å². The highest BCUT2D eigenvalue weighted by molar-refractivity contribution is 5.77. The smallest absolute Gasteiger partial charge is 0.115 e. The zero-order valence-corrected chi connectivity index (χ0v) is 9.46. The minimum atomic E-state index is 0.288. The molecule has 0 bridgehead atoms. The van der Waals surface area contributed by atoms with Gasteiger partial charge in [0.1, 0.15) is 12.1 Å². The van der Waals surface area contributed by atoms with Gasteiger partial charge in [-0.25, -0.2) is 4.98 Å². The van der Waals surface area contributed by atoms with Gasteiger partial charge in [0.25, 0.3) is 0 Å². The Morgan fingerprint density at radius 1 is 1.12 bits per heavy atom. The van der Waals surface area contributed by atoms with E-state index in [0.29, 0.717) is 0 Å². The second kappa shape index (κ2) is 3.63. The first-order valence-electron chi connectivity index (χ1n) is 5.48. The molecule has 3 aromatic rings. The van der Waals surface area contributed by atoms with Gasteiger partial charge >= 0.3 is 0 Å². The molecule has 84 valence electrons. The van der Waals surface area contributed by atoms with Crippen molar-refractivity contribution in [2.45, 2.75) is 6.92 Å². The number of fused-ring (bicyclic) bond motifs is 1. The molecular weight excluding hydrogens is 212 g/mol. The minimum Gasteiger partial charge on any atom is -0.508 e. The number of hydrogen-bond donors (Lipinski definition) is 1. The summed E-state index contributed by atoms with van der Waals surface area (Å²) in [7, 11) is 0. The molecule has 0 fully saturated rings. The van der Waals surface area contributed by atoms with Crippen LogP contribution < -0.4 is 0 Å². The van der Waals surface area contributed by atoms with E-state index in [2.05, 4.69) is 4.98 Å². The molecule has 0 amide bonds. The third kappa shape index (κ3) is 1.56. The molecule has 17 heavy (non-hydrogen) atoms. The Morgan fingerprint density at radius 2 is 1.94 bits per heavy atom. The maximum Gasteiger partial charge on any atom is 0.115 e. The Bertz CT molecular complexity index is 686. The fraction of sp³-hybridized carbons (Fsp3) is 0.0714. The summed E-state index contributed by atoms with van der Waals surface area (Å²) >= 11 is 0. The second-order valence-corrected chi connectivity index (χ2v) is 4.07. The van der Waals surface area contributed by atoms with Crippen molar-refractivity contribution in [3.05, 3.63) is 54.4 Å². The highest BCUT2D eigenvalue weighted by atomic mass is 16.3. The van der Waals surface area contributed by atoms with E-state index in [9.17, 15) is 5.11 Å². The molecule has 0 saturated carbocycles. The molecule has 1 N–H and O–H groups in total. The van der Waals surface area contributed by atoms with Crippen molar-refractivity contribution in [1.82, 2.24) is 9.55 Å². The maximum atomic E-state index is 9.42. The van der Waals surface area contributed by atoms with Gasteiger partial charge in [0, 0.05) is 0 Å². The van der Waals surface area contributed by atoms with E-state index in [0.717, 1.165) is 22.3 Å². The van der Waals surface area contributed by atoms with Gasteiger partial charge in [0.15, 0.2) is 0 Å². The molecule has 0 aliphatic carbocycles. The Kier molecular flexibility index (Phi) is 2.11. The quantitative estimate of drug-likeness (QED) is 0.690. The lowest BCUT2D eigenvalue weighted by Crippen LogP contribution is -1.94. The molecule has 0 spiro atoms. The lowest BCUT2D eigenvalue weighted by molar-refractivity contribution is 0.475. The third-order valence-corrected chi connectivity index (χ3v) is 2.89. The molecule has 0 aliphatic rings. The summed E-state index contributed by atoms with van der Waals surface area (Å²) in [6.45, 7) is 1.98. The summed E-state index contributed by atoms with van der Waals surface area (Å²) in [5, 5.41) is 9.42. The molecule has 3 rings (SSSR count). The minimum absolute atomic E-state index is 0.288. The molecule has 0 saturated heterocycles. The van der Waals surface area contributed by atoms with Crippen LogP contribution in [0, 0.1) is 6.92 Å². The van der Waals surface area contributed by atoms with Gasteiger partial charge in [0.2, 0.25) is 0 Å². The van der Waals surface area contributed by atoms with Crippen molar-refractivity contribution < 1.29 is 5.11 Å². The summed E-state index contributed by atoms with van der Waals surface area (Å²) < 4.78 is 2.03. The normalized spacial score (nSPS) is 10.9. The first kappa shape index (κ1) is 9.90. The first-order valence-corrected chi connectivity index (χ1v) is 5.48. The summed E-state index contributed by atoms with van der Waals surface area (Å²) in [6.07, 6.45) is 1.81. The van der Waals surface area contributed by atoms with Gasteiger partial charge in [0.05, 0.1) is 16.7 Å². The summed E-state index contributed by atoms with van der Waals surface area (Å²) in [5.41, 5.74) is 4.10. The molecule has 0 atom stereocenters. The Hall–Kier alpha value is -2.29. The SMILES string of the molecule is Cc1cc(O)ccc1-n1cnc2ccccc21. The van der Waals surface area contributed by atoms with Crippen LogP contribution in [0.2, 0.25) is 0 Å². The van der Waals surface area contributed by atoms with Crippen molar-refractivity contribution in [3.63, 3.8) is 0 Å². The Labute approximate surface area is 99.0 Å². The van der Waals surface area contributed by atoms with Crippen LogP contribution in [0.15, 0.2) is 48.8 Å². The van der Waals surface area contributed by atoms with E-state index in [-0.39, 0.29) is 5.75 Å². The van der Waals surface area contributed by atoms with Crippen LogP contribution in [0.25, 0.3) is 16.7 Å². The second-order valence-electron chi connectivity index (χ2n) is 4.07. The molecule has 1 heterocycles. The number of rotatable bonds is 1. The third-order valence-electron chi connectivity index (χ3n) is 2.89. The number of phenolic OH excluding ortho intramolecular Hbond substituents is 1. The van der Waals surface area contributed by atoms with E-state index in [4.69, 9.17) is 0 Å². The van der Waals surface area contributed by atoms with Crippen molar-refractivity contribution in [3.8, 4) is 11.4 Å². The maximum absolute atomic E-state index is 9.42. The largest absolute Gasteiger partial charge is 0.508 e. The number of phenols is 1. The van der Waals surface area contributed by atoms with Gasteiger partial charge in [-0.15, -0.1) is 0 Å². The lowest BCUT2D eigenvalue weighted by Gasteiger charge is -2.08. The van der Waals surface area contributed by atoms with Crippen molar-refractivity contribution >= 4 is 11.0 Å². The lowest BCUT2D eigenvalue weighted by atomic mass is 10.2. The van der Waals surface area contributed by atoms with E-state index in [1.54, 1.807) is 12.1 Å². The van der Waals surface area contributed by atoms with Crippen LogP contribution >= 0.6 is 0 Å². The van der Waals surface area contributed by atoms with Gasteiger partial charge < -0.3 is 5.11 Å². The van der Waals surface area contributed by atoms with Crippen LogP contribution in [0.1, 0.15) is 5.56 Å². The van der Waals surface area contributed by atoms with E-state index in [1.807, 2.05) is 48.1 Å². The van der Waals surface area contributed by atoms with Crippen molar-refractivity contribution in [1.29, 1.82) is 0 Å². The van der Waals surface area contributed by atoms with Crippen LogP contribution in [0.5, 0.6) is 5.75 Å². The number of aromatic nitrogens is 2. The summed E-state index contributed by atoms with van der Waals surface area (Å²) in [4.78, 5) is 4.36. The van der Waals surface area contributed by atoms with Crippen LogP contribution in [-0.2, 0) is 0 Å². The molecule has 3 nitrogen and oxygen atoms in total. The predicted octanol–water partition coefficient (Wildman–Crippen LogP) is 3.04. The number of hydrogen-bond acceptors (Lipinski definition) is 2. The predicted molar refractivity (Wildman–Crippen MR) is 67.5 cm³/mol. The van der Waals surface area contributed by atoms with Gasteiger partial charge in [-0.1, -0.05) is 12.1 Å². The zero-order chi connectivity index (χ0) is 11.8. The van der Waals surface area contributed by atoms with Crippen LogP contribution in [-0.4, -0.2) is 14.7 Å². The number of nitrogens with zero attached hydrogens (tertiary/aromatic N) is 2. The topological polar surface area (TPSA) is 38.0 Å². The Balaban J connectivity index is 2.27. The van der Waals surface area contributed by atoms with Gasteiger partial charge in [-0.2, -0.15) is 0 Å². The van der Waals surface area contributed by atoms with Crippen molar-refractivity contribution in [2.75, 3.05) is 0 Å². The van der Waals surface area contributed by atoms with Gasteiger partial charge in [-0.05, 0) is 42.8 Å². The highest BCUT2D eigenvalue weighted by Gasteiger charge is 2.06. The van der Waals surface area contributed by atoms with E-state index >= 15 is 0 Å². The Morgan fingerprint density at radius 3 is 2.76 bits per heavy atom. The summed E-state index contributed by atoms with van der Waals surface area (Å²) in [6, 6.07) is 13.3. The number of benzene rings is 2. The summed E-state index contributed by atoms with van der Waals surface area (Å²) in [5.74, 6) is 0.288. The molecule has 3 heteroatoms. The number of aryl methyl sites for hydroxylation is 1. The molecule has 0 aliphatic heterocycles. The highest BCUT2D eigenvalue weighted by Crippen LogP contribution is 2.23. The average molecular weight is 224 g/mol. The van der Waals surface area contributed by atoms with E-state index in [1.165, 1.54) is 0 Å². The fourth-order valence-corrected chi connectivity index (χ4v) is 2.06. The number of para-hydroxylation sites is 2. The molecule has 2 aromatic carbocycles. The monoisotopic (exact) mass is 224 g/mol. The fourth-order valence-electron chi connectivity index (χ4n) is 2.06. The number of imidazole rings is 1. The standard InChI is InChI=1S/C14H12N2O/c1-10-8-11(17)6-7-13(10)16-9-15-12-4-2-3-5-14(12)16/h2-9,17H,1H3. The number of aromatic hydroxyl groups is 1. The van der Waals surface area contributed by atoms with E-state index < -0.39 is 0 Å². The molecule has 1 aromatic heterocycles. The first-order chi connectivity index (χ1) is 8.25. The molecule has 0 radical (unpaired) electrons. The molecule has 0 unspecified atom stereocenters. The van der Waals surface area contributed by atoms with Gasteiger partial charge in [-0.3, -0.25) is 4.57 Å². The molecular formula is C14H12N2O. The van der Waals surface area contributed by atoms with Crippen molar-refractivity contribution in [2.24, 2.45) is 0 Å².